The van der Waals surface area contributed by atoms with Crippen LogP contribution in [0.2, 0.25) is 0 Å². The normalized spacial score (nSPS) is 11.8. The van der Waals surface area contributed by atoms with E-state index < -0.39 is 0 Å². The third-order valence-electron chi connectivity index (χ3n) is 10.5. The van der Waals surface area contributed by atoms with Crippen molar-refractivity contribution in [1.82, 2.24) is 14.1 Å². The maximum absolute atomic E-state index is 6.29. The van der Waals surface area contributed by atoms with Gasteiger partial charge in [-0.05, 0) is 100 Å². The van der Waals surface area contributed by atoms with Gasteiger partial charge >= 0.3 is 6.01 Å². The van der Waals surface area contributed by atoms with Gasteiger partial charge in [0.15, 0.2) is 5.58 Å². The van der Waals surface area contributed by atoms with Gasteiger partial charge in [-0.3, -0.25) is 4.57 Å². The average molecular weight is 678 g/mol. The van der Waals surface area contributed by atoms with Crippen LogP contribution in [0.1, 0.15) is 0 Å². The Labute approximate surface area is 305 Å². The van der Waals surface area contributed by atoms with E-state index in [1.54, 1.807) is 0 Å². The molecule has 0 aliphatic heterocycles. The molecule has 4 heteroatoms. The van der Waals surface area contributed by atoms with Crippen LogP contribution in [0.4, 0.5) is 0 Å². The van der Waals surface area contributed by atoms with Crippen LogP contribution in [-0.2, 0) is 0 Å². The van der Waals surface area contributed by atoms with E-state index in [0.717, 1.165) is 44.2 Å². The molecule has 0 spiro atoms. The zero-order valence-corrected chi connectivity index (χ0v) is 28.6. The molecule has 4 nitrogen and oxygen atoms in total. The van der Waals surface area contributed by atoms with Gasteiger partial charge in [-0.15, -0.1) is 0 Å². The van der Waals surface area contributed by atoms with Crippen molar-refractivity contribution in [2.45, 2.75) is 0 Å². The molecule has 8 aromatic carbocycles. The summed E-state index contributed by atoms with van der Waals surface area (Å²) in [5.74, 6) is 0. The monoisotopic (exact) mass is 677 g/mol. The van der Waals surface area contributed by atoms with Crippen LogP contribution in [0.5, 0.6) is 0 Å². The second kappa shape index (κ2) is 11.7. The Bertz CT molecular complexity index is 3080. The summed E-state index contributed by atoms with van der Waals surface area (Å²) >= 11 is 0. The van der Waals surface area contributed by atoms with E-state index >= 15 is 0 Å². The van der Waals surface area contributed by atoms with E-state index in [1.807, 2.05) is 24.3 Å². The third kappa shape index (κ3) is 4.73. The molecule has 11 aromatic rings. The topological polar surface area (TPSA) is 35.9 Å². The number of aromatic nitrogens is 3. The Morgan fingerprint density at radius 1 is 0.340 bits per heavy atom. The number of rotatable bonds is 5. The fourth-order valence-corrected chi connectivity index (χ4v) is 8.08. The Morgan fingerprint density at radius 2 is 0.830 bits per heavy atom. The quantitative estimate of drug-likeness (QED) is 0.182. The zero-order chi connectivity index (χ0) is 34.9. The third-order valence-corrected chi connectivity index (χ3v) is 10.5. The summed E-state index contributed by atoms with van der Waals surface area (Å²) in [6.45, 7) is 0. The van der Waals surface area contributed by atoms with Gasteiger partial charge in [-0.1, -0.05) is 121 Å². The number of hydrogen-bond donors (Lipinski definition) is 0. The molecule has 0 N–H and O–H groups in total. The molecule has 0 amide bonds. The zero-order valence-electron chi connectivity index (χ0n) is 28.6. The summed E-state index contributed by atoms with van der Waals surface area (Å²) in [4.78, 5) is 4.87. The van der Waals surface area contributed by atoms with E-state index in [0.29, 0.717) is 6.01 Å². The Kier molecular flexibility index (Phi) is 6.52. The molecule has 0 unspecified atom stereocenters. The van der Waals surface area contributed by atoms with Crippen molar-refractivity contribution < 1.29 is 4.42 Å². The maximum atomic E-state index is 6.29. The number of nitrogens with zero attached hydrogens (tertiary/aromatic N) is 3. The molecule has 0 fully saturated rings. The maximum Gasteiger partial charge on any atom is 0.307 e. The van der Waals surface area contributed by atoms with Gasteiger partial charge in [0.2, 0.25) is 0 Å². The molecule has 0 aliphatic rings. The van der Waals surface area contributed by atoms with Gasteiger partial charge in [0.05, 0.1) is 22.1 Å². The first-order chi connectivity index (χ1) is 26.3. The van der Waals surface area contributed by atoms with Crippen LogP contribution < -0.4 is 0 Å². The second-order valence-electron chi connectivity index (χ2n) is 13.6. The van der Waals surface area contributed by atoms with Gasteiger partial charge < -0.3 is 8.98 Å². The average Bonchev–Trinajstić information content (AvgIpc) is 3.91. The Hall–Kier alpha value is -7.17. The molecule has 0 radical (unpaired) electrons. The van der Waals surface area contributed by atoms with Gasteiger partial charge in [-0.2, -0.15) is 4.98 Å². The van der Waals surface area contributed by atoms with Crippen molar-refractivity contribution in [1.29, 1.82) is 0 Å². The van der Waals surface area contributed by atoms with Crippen LogP contribution in [0.3, 0.4) is 0 Å². The van der Waals surface area contributed by atoms with Gasteiger partial charge in [0, 0.05) is 27.2 Å². The first-order valence-electron chi connectivity index (χ1n) is 18.0. The van der Waals surface area contributed by atoms with Crippen LogP contribution in [0.15, 0.2) is 192 Å². The minimum Gasteiger partial charge on any atom is -0.423 e. The van der Waals surface area contributed by atoms with Crippen molar-refractivity contribution in [3.05, 3.63) is 188 Å². The molecular weight excluding hydrogens is 647 g/mol. The molecule has 0 aliphatic carbocycles. The number of hydrogen-bond acceptors (Lipinski definition) is 2. The summed E-state index contributed by atoms with van der Waals surface area (Å²) in [6, 6.07) is 67.7. The van der Waals surface area contributed by atoms with Crippen molar-refractivity contribution >= 4 is 54.7 Å². The first kappa shape index (κ1) is 29.5. The number of benzene rings is 8. The van der Waals surface area contributed by atoms with E-state index in [-0.39, 0.29) is 0 Å². The number of oxazole rings is 1. The van der Waals surface area contributed by atoms with Gasteiger partial charge in [0.1, 0.15) is 5.52 Å². The molecular formula is C49H31N3O. The number of para-hydroxylation sites is 4. The minimum atomic E-state index is 0.575. The SMILES string of the molecule is c1ccc(-c2cc(-c3ccccc3)cc(-n3c4ccccc4c4cc(-c5ccc6c(c5)c5ccccc5n6-c5nc6ccccc6o5)ccc43)c2)cc1. The largest absolute Gasteiger partial charge is 0.423 e. The lowest BCUT2D eigenvalue weighted by Gasteiger charge is -2.14. The highest BCUT2D eigenvalue weighted by atomic mass is 16.4. The van der Waals surface area contributed by atoms with Crippen LogP contribution in [-0.4, -0.2) is 14.1 Å². The van der Waals surface area contributed by atoms with E-state index in [4.69, 9.17) is 9.40 Å². The van der Waals surface area contributed by atoms with Crippen molar-refractivity contribution in [3.63, 3.8) is 0 Å². The predicted molar refractivity (Wildman–Crippen MR) is 219 cm³/mol. The predicted octanol–water partition coefficient (Wildman–Crippen LogP) is 13.0. The van der Waals surface area contributed by atoms with Crippen molar-refractivity contribution in [2.24, 2.45) is 0 Å². The first-order valence-corrected chi connectivity index (χ1v) is 18.0. The fourth-order valence-electron chi connectivity index (χ4n) is 8.08. The highest BCUT2D eigenvalue weighted by Crippen LogP contribution is 2.40. The van der Waals surface area contributed by atoms with Crippen LogP contribution in [0.25, 0.3) is 99.8 Å². The highest BCUT2D eigenvalue weighted by molar-refractivity contribution is 6.12. The smallest absolute Gasteiger partial charge is 0.307 e. The minimum absolute atomic E-state index is 0.575. The molecule has 248 valence electrons. The number of fused-ring (bicyclic) bond motifs is 7. The molecule has 0 saturated heterocycles. The molecule has 3 heterocycles. The summed E-state index contributed by atoms with van der Waals surface area (Å²) in [5.41, 5.74) is 14.4. The standard InChI is InChI=1S/C49H31N3O/c1-3-13-32(14-4-1)36-27-37(33-15-5-2-6-16-33)29-38(28-36)51-44-20-10-7-17-39(44)41-30-34(23-25-46(41)51)35-24-26-47-42(31-35)40-18-8-11-21-45(40)52(47)49-50-43-19-9-12-22-48(43)53-49/h1-31H. The molecule has 0 bridgehead atoms. The summed E-state index contributed by atoms with van der Waals surface area (Å²) in [7, 11) is 0. The summed E-state index contributed by atoms with van der Waals surface area (Å²) in [6.07, 6.45) is 0. The molecule has 0 saturated carbocycles. The second-order valence-corrected chi connectivity index (χ2v) is 13.6. The van der Waals surface area contributed by atoms with E-state index in [1.165, 1.54) is 49.6 Å². The Morgan fingerprint density at radius 3 is 1.43 bits per heavy atom. The molecule has 3 aromatic heterocycles. The molecule has 11 rings (SSSR count). The molecule has 0 atom stereocenters. The fraction of sp³-hybridized carbons (Fsp3) is 0. The lowest BCUT2D eigenvalue weighted by molar-refractivity contribution is 0.574. The van der Waals surface area contributed by atoms with E-state index in [9.17, 15) is 0 Å². The van der Waals surface area contributed by atoms with Crippen LogP contribution in [0, 0.1) is 0 Å². The highest BCUT2D eigenvalue weighted by Gasteiger charge is 2.19. The van der Waals surface area contributed by atoms with Crippen molar-refractivity contribution in [3.8, 4) is 45.1 Å². The van der Waals surface area contributed by atoms with Gasteiger partial charge in [-0.25, -0.2) is 0 Å². The summed E-state index contributed by atoms with van der Waals surface area (Å²) < 4.78 is 10.8. The summed E-state index contributed by atoms with van der Waals surface area (Å²) in [5, 5.41) is 4.77. The lowest BCUT2D eigenvalue weighted by atomic mass is 9.98. The lowest BCUT2D eigenvalue weighted by Crippen LogP contribution is -1.96. The van der Waals surface area contributed by atoms with E-state index in [2.05, 4.69) is 173 Å². The Balaban J connectivity index is 1.10. The van der Waals surface area contributed by atoms with Crippen LogP contribution >= 0.6 is 0 Å². The molecule has 53 heavy (non-hydrogen) atoms. The van der Waals surface area contributed by atoms with Gasteiger partial charge in [0.25, 0.3) is 0 Å². The van der Waals surface area contributed by atoms with Crippen molar-refractivity contribution in [2.75, 3.05) is 0 Å².